The van der Waals surface area contributed by atoms with Gasteiger partial charge in [0.1, 0.15) is 5.82 Å². The largest absolute Gasteiger partial charge is 0.493 e. The third-order valence-electron chi connectivity index (χ3n) is 4.84. The van der Waals surface area contributed by atoms with E-state index in [0.29, 0.717) is 34.8 Å². The summed E-state index contributed by atoms with van der Waals surface area (Å²) in [6.07, 6.45) is 3.50. The Kier molecular flexibility index (Phi) is 5.07. The van der Waals surface area contributed by atoms with Gasteiger partial charge in [-0.1, -0.05) is 0 Å². The molecule has 0 aliphatic carbocycles. The van der Waals surface area contributed by atoms with E-state index in [1.807, 2.05) is 6.07 Å². The van der Waals surface area contributed by atoms with Gasteiger partial charge in [-0.15, -0.1) is 0 Å². The quantitative estimate of drug-likeness (QED) is 0.700. The van der Waals surface area contributed by atoms with Gasteiger partial charge in [-0.2, -0.15) is 0 Å². The van der Waals surface area contributed by atoms with Crippen molar-refractivity contribution in [3.63, 3.8) is 0 Å². The number of hydrogen-bond donors (Lipinski definition) is 1. The number of piperazine rings is 1. The fourth-order valence-electron chi connectivity index (χ4n) is 3.36. The summed E-state index contributed by atoms with van der Waals surface area (Å²) >= 11 is 0. The van der Waals surface area contributed by atoms with Crippen LogP contribution in [0.15, 0.2) is 35.4 Å². The fraction of sp³-hybridized carbons (Fsp3) is 0.368. The number of nitrogens with zero attached hydrogens (tertiary/aromatic N) is 5. The molecular weight excluding hydrogens is 360 g/mol. The normalized spacial score (nSPS) is 15.0. The smallest absolute Gasteiger partial charge is 0.258 e. The highest BCUT2D eigenvalue weighted by Crippen LogP contribution is 2.30. The number of aromatic nitrogens is 4. The Labute approximate surface area is 162 Å². The fourth-order valence-corrected chi connectivity index (χ4v) is 3.36. The first-order valence-electron chi connectivity index (χ1n) is 9.07. The van der Waals surface area contributed by atoms with E-state index in [9.17, 15) is 4.79 Å². The highest BCUT2D eigenvalue weighted by molar-refractivity contribution is 5.81. The summed E-state index contributed by atoms with van der Waals surface area (Å²) in [5.74, 6) is 2.44. The van der Waals surface area contributed by atoms with E-state index < -0.39 is 0 Å². The van der Waals surface area contributed by atoms with Gasteiger partial charge in [-0.3, -0.25) is 9.69 Å². The molecule has 0 saturated carbocycles. The lowest BCUT2D eigenvalue weighted by molar-refractivity contribution is 0.243. The number of rotatable bonds is 5. The second kappa shape index (κ2) is 7.81. The van der Waals surface area contributed by atoms with Gasteiger partial charge in [-0.05, 0) is 12.1 Å². The van der Waals surface area contributed by atoms with Gasteiger partial charge in [0.05, 0.1) is 31.7 Å². The number of fused-ring (bicyclic) bond motifs is 1. The van der Waals surface area contributed by atoms with E-state index in [1.165, 1.54) is 0 Å². The number of ether oxygens (including phenoxy) is 2. The summed E-state index contributed by atoms with van der Waals surface area (Å²) < 4.78 is 10.6. The highest BCUT2D eigenvalue weighted by atomic mass is 16.5. The Balaban J connectivity index is 1.50. The molecule has 1 aliphatic heterocycles. The molecule has 1 saturated heterocycles. The van der Waals surface area contributed by atoms with Crippen LogP contribution in [0.3, 0.4) is 0 Å². The SMILES string of the molecule is COc1cc2nc(CN3CCN(c4ncccn4)CC3)[nH]c(=O)c2cc1OC. The lowest BCUT2D eigenvalue weighted by Crippen LogP contribution is -2.46. The van der Waals surface area contributed by atoms with Crippen molar-refractivity contribution < 1.29 is 9.47 Å². The van der Waals surface area contributed by atoms with Crippen molar-refractivity contribution in [1.82, 2.24) is 24.8 Å². The van der Waals surface area contributed by atoms with E-state index in [0.717, 1.165) is 32.1 Å². The van der Waals surface area contributed by atoms with E-state index in [1.54, 1.807) is 38.7 Å². The molecule has 9 nitrogen and oxygen atoms in total. The minimum atomic E-state index is -0.183. The van der Waals surface area contributed by atoms with E-state index in [4.69, 9.17) is 9.47 Å². The van der Waals surface area contributed by atoms with Crippen LogP contribution in [-0.4, -0.2) is 65.2 Å². The lowest BCUT2D eigenvalue weighted by Gasteiger charge is -2.34. The number of nitrogens with one attached hydrogen (secondary N) is 1. The van der Waals surface area contributed by atoms with Crippen molar-refractivity contribution in [2.75, 3.05) is 45.3 Å². The van der Waals surface area contributed by atoms with Crippen molar-refractivity contribution in [1.29, 1.82) is 0 Å². The van der Waals surface area contributed by atoms with Gasteiger partial charge >= 0.3 is 0 Å². The maximum absolute atomic E-state index is 12.5. The summed E-state index contributed by atoms with van der Waals surface area (Å²) in [7, 11) is 3.10. The molecule has 3 aromatic rings. The number of anilines is 1. The van der Waals surface area contributed by atoms with Crippen LogP contribution in [0.2, 0.25) is 0 Å². The summed E-state index contributed by atoms with van der Waals surface area (Å²) in [6, 6.07) is 5.20. The molecule has 2 aromatic heterocycles. The third kappa shape index (κ3) is 3.61. The first-order chi connectivity index (χ1) is 13.7. The predicted octanol–water partition coefficient (Wildman–Crippen LogP) is 1.05. The lowest BCUT2D eigenvalue weighted by atomic mass is 10.2. The molecule has 1 aliphatic rings. The van der Waals surface area contributed by atoms with Crippen LogP contribution < -0.4 is 19.9 Å². The summed E-state index contributed by atoms with van der Waals surface area (Å²) in [5.41, 5.74) is 0.407. The summed E-state index contributed by atoms with van der Waals surface area (Å²) in [5, 5.41) is 0.479. The molecule has 4 rings (SSSR count). The van der Waals surface area contributed by atoms with E-state index in [2.05, 4.69) is 29.7 Å². The van der Waals surface area contributed by atoms with Crippen LogP contribution in [-0.2, 0) is 6.54 Å². The number of benzene rings is 1. The van der Waals surface area contributed by atoms with Crippen molar-refractivity contribution in [3.05, 3.63) is 46.8 Å². The number of hydrogen-bond acceptors (Lipinski definition) is 8. The van der Waals surface area contributed by atoms with Gasteiger partial charge in [0.25, 0.3) is 5.56 Å². The molecule has 1 fully saturated rings. The molecule has 0 unspecified atom stereocenters. The van der Waals surface area contributed by atoms with Crippen LogP contribution in [0.5, 0.6) is 11.5 Å². The highest BCUT2D eigenvalue weighted by Gasteiger charge is 2.20. The molecule has 1 aromatic carbocycles. The maximum Gasteiger partial charge on any atom is 0.258 e. The van der Waals surface area contributed by atoms with Crippen molar-refractivity contribution >= 4 is 16.9 Å². The van der Waals surface area contributed by atoms with Crippen LogP contribution >= 0.6 is 0 Å². The molecule has 0 amide bonds. The first kappa shape index (κ1) is 18.2. The van der Waals surface area contributed by atoms with Gasteiger partial charge in [-0.25, -0.2) is 15.0 Å². The van der Waals surface area contributed by atoms with Gasteiger partial charge in [0, 0.05) is 44.6 Å². The molecule has 9 heteroatoms. The third-order valence-corrected chi connectivity index (χ3v) is 4.84. The monoisotopic (exact) mass is 382 g/mol. The molecule has 0 spiro atoms. The van der Waals surface area contributed by atoms with Crippen molar-refractivity contribution in [2.45, 2.75) is 6.54 Å². The molecule has 28 heavy (non-hydrogen) atoms. The average molecular weight is 382 g/mol. The standard InChI is InChI=1S/C19H22N6O3/c1-27-15-10-13-14(11-16(15)28-2)22-17(23-18(13)26)12-24-6-8-25(9-7-24)19-20-4-3-5-21-19/h3-5,10-11H,6-9,12H2,1-2H3,(H,22,23,26). The minimum Gasteiger partial charge on any atom is -0.493 e. The van der Waals surface area contributed by atoms with Crippen molar-refractivity contribution in [3.8, 4) is 11.5 Å². The number of H-pyrrole nitrogens is 1. The summed E-state index contributed by atoms with van der Waals surface area (Å²) in [6.45, 7) is 3.90. The first-order valence-corrected chi connectivity index (χ1v) is 9.07. The molecular formula is C19H22N6O3. The summed E-state index contributed by atoms with van der Waals surface area (Å²) in [4.78, 5) is 33.0. The van der Waals surface area contributed by atoms with Gasteiger partial charge in [0.15, 0.2) is 11.5 Å². The number of aromatic amines is 1. The molecule has 0 atom stereocenters. The van der Waals surface area contributed by atoms with Crippen LogP contribution in [0.1, 0.15) is 5.82 Å². The Hall–Kier alpha value is -3.20. The van der Waals surface area contributed by atoms with Crippen LogP contribution in [0.4, 0.5) is 5.95 Å². The second-order valence-corrected chi connectivity index (χ2v) is 6.55. The van der Waals surface area contributed by atoms with Gasteiger partial charge in [0.2, 0.25) is 5.95 Å². The minimum absolute atomic E-state index is 0.183. The number of methoxy groups -OCH3 is 2. The topological polar surface area (TPSA) is 96.5 Å². The van der Waals surface area contributed by atoms with Crippen LogP contribution in [0, 0.1) is 0 Å². The zero-order valence-electron chi connectivity index (χ0n) is 15.9. The Morgan fingerprint density at radius 1 is 1.04 bits per heavy atom. The van der Waals surface area contributed by atoms with E-state index in [-0.39, 0.29) is 5.56 Å². The Morgan fingerprint density at radius 3 is 2.39 bits per heavy atom. The molecule has 146 valence electrons. The molecule has 3 heterocycles. The van der Waals surface area contributed by atoms with E-state index >= 15 is 0 Å². The maximum atomic E-state index is 12.5. The van der Waals surface area contributed by atoms with Crippen molar-refractivity contribution in [2.24, 2.45) is 0 Å². The predicted molar refractivity (Wildman–Crippen MR) is 105 cm³/mol. The Bertz CT molecular complexity index is 1020. The molecule has 0 bridgehead atoms. The molecule has 1 N–H and O–H groups in total. The Morgan fingerprint density at radius 2 is 1.71 bits per heavy atom. The zero-order chi connectivity index (χ0) is 19.5. The molecule has 0 radical (unpaired) electrons. The average Bonchev–Trinajstić information content (AvgIpc) is 2.74. The second-order valence-electron chi connectivity index (χ2n) is 6.55. The van der Waals surface area contributed by atoms with Crippen LogP contribution in [0.25, 0.3) is 10.9 Å². The van der Waals surface area contributed by atoms with Gasteiger partial charge < -0.3 is 19.4 Å². The zero-order valence-corrected chi connectivity index (χ0v) is 15.9.